The highest BCUT2D eigenvalue weighted by atomic mass is 16.5. The van der Waals surface area contributed by atoms with Crippen LogP contribution < -0.4 is 14.8 Å². The zero-order valence-electron chi connectivity index (χ0n) is 15.8. The van der Waals surface area contributed by atoms with E-state index in [9.17, 15) is 4.79 Å². The van der Waals surface area contributed by atoms with Gasteiger partial charge in [-0.2, -0.15) is 5.10 Å². The average Bonchev–Trinajstić information content (AvgIpc) is 3.20. The number of benzene rings is 2. The number of carbonyl (C=O) groups is 1. The number of nitrogens with zero attached hydrogens (tertiary/aromatic N) is 2. The van der Waals surface area contributed by atoms with Crippen molar-refractivity contribution in [2.75, 3.05) is 20.3 Å². The molecular weight excluding hydrogens is 354 g/mol. The first-order chi connectivity index (χ1) is 13.7. The molecule has 0 unspecified atom stereocenters. The van der Waals surface area contributed by atoms with Crippen LogP contribution in [0.25, 0.3) is 0 Å². The van der Waals surface area contributed by atoms with Gasteiger partial charge in [-0.1, -0.05) is 36.4 Å². The standard InChI is InChI=1S/C22H23N3O3/c1-27-20-8-7-18-9-17(15-28-21(18)10-20)11-23-22(26)19-12-24-25(14-19)13-16-5-3-2-4-6-16/h2-8,10,12,14,17H,9,11,13,15H2,1H3,(H,23,26)/t17-/m0/s1. The van der Waals surface area contributed by atoms with Crippen molar-refractivity contribution in [1.29, 1.82) is 0 Å². The first kappa shape index (κ1) is 18.1. The number of aromatic nitrogens is 2. The third-order valence-corrected chi connectivity index (χ3v) is 4.89. The van der Waals surface area contributed by atoms with Gasteiger partial charge >= 0.3 is 0 Å². The molecule has 0 fully saturated rings. The Morgan fingerprint density at radius 1 is 1.29 bits per heavy atom. The van der Waals surface area contributed by atoms with E-state index in [0.717, 1.165) is 29.0 Å². The van der Waals surface area contributed by atoms with Crippen molar-refractivity contribution in [2.24, 2.45) is 5.92 Å². The molecule has 0 radical (unpaired) electrons. The van der Waals surface area contributed by atoms with Crippen LogP contribution in [0.5, 0.6) is 11.5 Å². The van der Waals surface area contributed by atoms with Crippen LogP contribution in [0, 0.1) is 5.92 Å². The van der Waals surface area contributed by atoms with Crippen molar-refractivity contribution in [3.63, 3.8) is 0 Å². The molecule has 4 rings (SSSR count). The Balaban J connectivity index is 1.31. The molecule has 1 atom stereocenters. The van der Waals surface area contributed by atoms with Gasteiger partial charge in [-0.3, -0.25) is 9.48 Å². The topological polar surface area (TPSA) is 65.4 Å². The van der Waals surface area contributed by atoms with E-state index in [1.165, 1.54) is 0 Å². The third-order valence-electron chi connectivity index (χ3n) is 4.89. The number of rotatable bonds is 6. The number of nitrogens with one attached hydrogen (secondary N) is 1. The monoisotopic (exact) mass is 377 g/mol. The maximum absolute atomic E-state index is 12.5. The van der Waals surface area contributed by atoms with Gasteiger partial charge in [0.15, 0.2) is 0 Å². The van der Waals surface area contributed by atoms with Gasteiger partial charge in [-0.15, -0.1) is 0 Å². The van der Waals surface area contributed by atoms with E-state index in [1.54, 1.807) is 24.2 Å². The quantitative estimate of drug-likeness (QED) is 0.717. The van der Waals surface area contributed by atoms with Gasteiger partial charge in [0, 0.05) is 24.7 Å². The van der Waals surface area contributed by atoms with Crippen molar-refractivity contribution in [1.82, 2.24) is 15.1 Å². The highest BCUT2D eigenvalue weighted by Gasteiger charge is 2.21. The van der Waals surface area contributed by atoms with Crippen LogP contribution in [-0.4, -0.2) is 35.9 Å². The Kier molecular flexibility index (Phi) is 5.28. The lowest BCUT2D eigenvalue weighted by Gasteiger charge is -2.25. The molecule has 3 aromatic rings. The Bertz CT molecular complexity index is 953. The van der Waals surface area contributed by atoms with Crippen molar-refractivity contribution >= 4 is 5.91 Å². The summed E-state index contributed by atoms with van der Waals surface area (Å²) in [5.41, 5.74) is 2.85. The van der Waals surface area contributed by atoms with Crippen molar-refractivity contribution in [2.45, 2.75) is 13.0 Å². The summed E-state index contributed by atoms with van der Waals surface area (Å²) in [4.78, 5) is 12.5. The summed E-state index contributed by atoms with van der Waals surface area (Å²) in [6.07, 6.45) is 4.26. The van der Waals surface area contributed by atoms with E-state index in [2.05, 4.69) is 10.4 Å². The van der Waals surface area contributed by atoms with E-state index < -0.39 is 0 Å². The lowest BCUT2D eigenvalue weighted by Crippen LogP contribution is -2.34. The van der Waals surface area contributed by atoms with E-state index in [-0.39, 0.29) is 11.8 Å². The minimum Gasteiger partial charge on any atom is -0.497 e. The number of carbonyl (C=O) groups excluding carboxylic acids is 1. The molecule has 0 saturated heterocycles. The molecular formula is C22H23N3O3. The zero-order chi connectivity index (χ0) is 19.3. The first-order valence-corrected chi connectivity index (χ1v) is 9.35. The second-order valence-corrected chi connectivity index (χ2v) is 6.98. The maximum atomic E-state index is 12.5. The van der Waals surface area contributed by atoms with Crippen molar-refractivity contribution in [3.8, 4) is 11.5 Å². The molecule has 1 aliphatic heterocycles. The summed E-state index contributed by atoms with van der Waals surface area (Å²) >= 11 is 0. The van der Waals surface area contributed by atoms with E-state index in [4.69, 9.17) is 9.47 Å². The Morgan fingerprint density at radius 2 is 2.14 bits per heavy atom. The average molecular weight is 377 g/mol. The van der Waals surface area contributed by atoms with Crippen LogP contribution in [0.2, 0.25) is 0 Å². The van der Waals surface area contributed by atoms with Crippen LogP contribution in [0.3, 0.4) is 0 Å². The van der Waals surface area contributed by atoms with Crippen molar-refractivity contribution < 1.29 is 14.3 Å². The van der Waals surface area contributed by atoms with Gasteiger partial charge in [-0.25, -0.2) is 0 Å². The van der Waals surface area contributed by atoms with Gasteiger partial charge in [0.1, 0.15) is 11.5 Å². The molecule has 0 spiro atoms. The van der Waals surface area contributed by atoms with Gasteiger partial charge in [-0.05, 0) is 23.6 Å². The number of hydrogen-bond donors (Lipinski definition) is 1. The zero-order valence-corrected chi connectivity index (χ0v) is 15.8. The van der Waals surface area contributed by atoms with E-state index in [0.29, 0.717) is 25.3 Å². The second-order valence-electron chi connectivity index (χ2n) is 6.98. The van der Waals surface area contributed by atoms with Gasteiger partial charge in [0.25, 0.3) is 5.91 Å². The van der Waals surface area contributed by atoms with Gasteiger partial charge in [0.2, 0.25) is 0 Å². The molecule has 0 aliphatic carbocycles. The molecule has 1 N–H and O–H groups in total. The number of hydrogen-bond acceptors (Lipinski definition) is 4. The SMILES string of the molecule is COc1ccc2c(c1)OC[C@H](CNC(=O)c1cnn(Cc3ccccc3)c1)C2. The molecule has 28 heavy (non-hydrogen) atoms. The number of ether oxygens (including phenoxy) is 2. The van der Waals surface area contributed by atoms with Crippen LogP contribution in [0.15, 0.2) is 60.9 Å². The summed E-state index contributed by atoms with van der Waals surface area (Å²) < 4.78 is 12.8. The minimum atomic E-state index is -0.111. The normalized spacial score (nSPS) is 15.4. The maximum Gasteiger partial charge on any atom is 0.254 e. The molecule has 144 valence electrons. The predicted molar refractivity (Wildman–Crippen MR) is 106 cm³/mol. The summed E-state index contributed by atoms with van der Waals surface area (Å²) in [5.74, 6) is 1.78. The molecule has 0 bridgehead atoms. The first-order valence-electron chi connectivity index (χ1n) is 9.35. The minimum absolute atomic E-state index is 0.111. The van der Waals surface area contributed by atoms with E-state index >= 15 is 0 Å². The van der Waals surface area contributed by atoms with Crippen LogP contribution in [-0.2, 0) is 13.0 Å². The molecule has 2 heterocycles. The lowest BCUT2D eigenvalue weighted by atomic mass is 9.96. The van der Waals surface area contributed by atoms with E-state index in [1.807, 2.05) is 48.5 Å². The van der Waals surface area contributed by atoms with Crippen molar-refractivity contribution in [3.05, 3.63) is 77.6 Å². The lowest BCUT2D eigenvalue weighted by molar-refractivity contribution is 0.0939. The van der Waals surface area contributed by atoms with Crippen LogP contribution in [0.4, 0.5) is 0 Å². The summed E-state index contributed by atoms with van der Waals surface area (Å²) in [7, 11) is 1.64. The Labute approximate surface area is 164 Å². The molecule has 6 nitrogen and oxygen atoms in total. The van der Waals surface area contributed by atoms with Gasteiger partial charge in [0.05, 0.1) is 32.0 Å². The Hall–Kier alpha value is -3.28. The largest absolute Gasteiger partial charge is 0.497 e. The second kappa shape index (κ2) is 8.17. The molecule has 1 aliphatic rings. The molecule has 2 aromatic carbocycles. The Morgan fingerprint density at radius 3 is 2.96 bits per heavy atom. The number of methoxy groups -OCH3 is 1. The summed E-state index contributed by atoms with van der Waals surface area (Å²) in [6.45, 7) is 1.78. The highest BCUT2D eigenvalue weighted by molar-refractivity contribution is 5.93. The van der Waals surface area contributed by atoms with Crippen LogP contribution in [0.1, 0.15) is 21.5 Å². The summed E-state index contributed by atoms with van der Waals surface area (Å²) in [6, 6.07) is 15.9. The molecule has 0 saturated carbocycles. The van der Waals surface area contributed by atoms with Crippen LogP contribution >= 0.6 is 0 Å². The number of amides is 1. The molecule has 6 heteroatoms. The fourth-order valence-corrected chi connectivity index (χ4v) is 3.35. The molecule has 1 aromatic heterocycles. The fourth-order valence-electron chi connectivity index (χ4n) is 3.35. The third kappa shape index (κ3) is 4.17. The number of fused-ring (bicyclic) bond motifs is 1. The predicted octanol–water partition coefficient (Wildman–Crippen LogP) is 2.92. The molecule has 1 amide bonds. The fraction of sp³-hybridized carbons (Fsp3) is 0.273. The van der Waals surface area contributed by atoms with Gasteiger partial charge < -0.3 is 14.8 Å². The summed E-state index contributed by atoms with van der Waals surface area (Å²) in [5, 5.41) is 7.29. The highest BCUT2D eigenvalue weighted by Crippen LogP contribution is 2.30. The smallest absolute Gasteiger partial charge is 0.254 e.